The van der Waals surface area contributed by atoms with Gasteiger partial charge in [0.05, 0.1) is 0 Å². The zero-order valence-corrected chi connectivity index (χ0v) is 8.55. The van der Waals surface area contributed by atoms with Crippen molar-refractivity contribution in [2.45, 2.75) is 0 Å². The summed E-state index contributed by atoms with van der Waals surface area (Å²) < 4.78 is 0. The Hall–Kier alpha value is -2.36. The van der Waals surface area contributed by atoms with E-state index in [-0.39, 0.29) is 5.69 Å². The fourth-order valence-electron chi connectivity index (χ4n) is 1.50. The van der Waals surface area contributed by atoms with Crippen LogP contribution in [0.1, 0.15) is 10.5 Å². The molecule has 4 N–H and O–H groups in total. The van der Waals surface area contributed by atoms with Crippen molar-refractivity contribution in [1.29, 1.82) is 0 Å². The van der Waals surface area contributed by atoms with Crippen LogP contribution in [0.3, 0.4) is 0 Å². The van der Waals surface area contributed by atoms with Crippen molar-refractivity contribution in [3.8, 4) is 11.1 Å². The third-order valence-corrected chi connectivity index (χ3v) is 2.26. The summed E-state index contributed by atoms with van der Waals surface area (Å²) in [5.74, 6) is -0.535. The van der Waals surface area contributed by atoms with Gasteiger partial charge in [0.15, 0.2) is 0 Å². The first-order valence-electron chi connectivity index (χ1n) is 4.79. The topological polar surface area (TPSA) is 82.0 Å². The van der Waals surface area contributed by atoms with E-state index in [1.807, 2.05) is 12.1 Å². The number of hydrogen-bond acceptors (Lipinski definition) is 3. The van der Waals surface area contributed by atoms with Gasteiger partial charge in [-0.15, -0.1) is 0 Å². The van der Waals surface area contributed by atoms with E-state index in [9.17, 15) is 4.79 Å². The number of rotatable bonds is 2. The molecule has 80 valence electrons. The molecule has 0 fully saturated rings. The highest BCUT2D eigenvalue weighted by molar-refractivity contribution is 5.97. The molecule has 0 aliphatic heterocycles. The second kappa shape index (κ2) is 4.02. The van der Waals surface area contributed by atoms with Gasteiger partial charge in [0.1, 0.15) is 5.69 Å². The molecule has 0 bridgehead atoms. The second-order valence-electron chi connectivity index (χ2n) is 3.39. The molecule has 0 aliphatic rings. The number of amides is 1. The lowest BCUT2D eigenvalue weighted by Crippen LogP contribution is -2.14. The van der Waals surface area contributed by atoms with E-state index in [1.54, 1.807) is 30.5 Å². The van der Waals surface area contributed by atoms with Gasteiger partial charge in [-0.1, -0.05) is 18.2 Å². The molecular formula is C12H11N3O. The van der Waals surface area contributed by atoms with Gasteiger partial charge in [-0.25, -0.2) is 0 Å². The lowest BCUT2D eigenvalue weighted by Gasteiger charge is -2.05. The predicted molar refractivity (Wildman–Crippen MR) is 62.6 cm³/mol. The van der Waals surface area contributed by atoms with Crippen molar-refractivity contribution >= 4 is 11.6 Å². The number of anilines is 1. The molecule has 4 heteroatoms. The molecule has 0 saturated carbocycles. The van der Waals surface area contributed by atoms with Crippen LogP contribution in [0.25, 0.3) is 11.1 Å². The molecule has 0 spiro atoms. The number of nitrogens with zero attached hydrogens (tertiary/aromatic N) is 1. The molecule has 1 amide bonds. The monoisotopic (exact) mass is 213 g/mol. The number of aromatic nitrogens is 1. The van der Waals surface area contributed by atoms with Crippen molar-refractivity contribution < 1.29 is 4.79 Å². The Balaban J connectivity index is 2.55. The van der Waals surface area contributed by atoms with Gasteiger partial charge in [-0.3, -0.25) is 9.78 Å². The molecule has 2 rings (SSSR count). The molecule has 1 aromatic heterocycles. The number of carbonyl (C=O) groups is 1. The summed E-state index contributed by atoms with van der Waals surface area (Å²) in [6, 6.07) is 10.8. The van der Waals surface area contributed by atoms with Crippen molar-refractivity contribution in [2.75, 3.05) is 5.73 Å². The summed E-state index contributed by atoms with van der Waals surface area (Å²) in [5, 5.41) is 0. The van der Waals surface area contributed by atoms with Crippen molar-refractivity contribution in [3.63, 3.8) is 0 Å². The number of benzene rings is 1. The number of primary amides is 1. The van der Waals surface area contributed by atoms with E-state index >= 15 is 0 Å². The first kappa shape index (κ1) is 10.2. The Morgan fingerprint density at radius 2 is 1.81 bits per heavy atom. The summed E-state index contributed by atoms with van der Waals surface area (Å²) >= 11 is 0. The van der Waals surface area contributed by atoms with E-state index in [0.717, 1.165) is 11.1 Å². The molecule has 2 aromatic rings. The van der Waals surface area contributed by atoms with Crippen LogP contribution in [0.15, 0.2) is 42.6 Å². The summed E-state index contributed by atoms with van der Waals surface area (Å²) in [4.78, 5) is 15.2. The molecule has 0 aliphatic carbocycles. The van der Waals surface area contributed by atoms with Gasteiger partial charge in [0.25, 0.3) is 5.91 Å². The minimum Gasteiger partial charge on any atom is -0.399 e. The van der Waals surface area contributed by atoms with E-state index < -0.39 is 5.91 Å². The first-order chi connectivity index (χ1) is 7.68. The molecule has 0 saturated heterocycles. The first-order valence-corrected chi connectivity index (χ1v) is 4.79. The van der Waals surface area contributed by atoms with E-state index in [0.29, 0.717) is 5.69 Å². The molecule has 1 heterocycles. The van der Waals surface area contributed by atoms with Gasteiger partial charge in [-0.2, -0.15) is 0 Å². The standard InChI is InChI=1S/C12H11N3O/c13-9-5-3-8(4-6-9)10-2-1-7-15-11(10)12(14)16/h1-7H,13H2,(H2,14,16). The lowest BCUT2D eigenvalue weighted by atomic mass is 10.0. The highest BCUT2D eigenvalue weighted by Crippen LogP contribution is 2.22. The van der Waals surface area contributed by atoms with Crippen LogP contribution in [0.2, 0.25) is 0 Å². The minimum atomic E-state index is -0.535. The number of nitrogen functional groups attached to an aromatic ring is 1. The molecule has 0 atom stereocenters. The summed E-state index contributed by atoms with van der Waals surface area (Å²) in [5.41, 5.74) is 13.4. The van der Waals surface area contributed by atoms with E-state index in [4.69, 9.17) is 11.5 Å². The van der Waals surface area contributed by atoms with Gasteiger partial charge in [-0.05, 0) is 23.8 Å². The summed E-state index contributed by atoms with van der Waals surface area (Å²) in [6.45, 7) is 0. The smallest absolute Gasteiger partial charge is 0.267 e. The van der Waals surface area contributed by atoms with E-state index in [1.165, 1.54) is 0 Å². The zero-order valence-electron chi connectivity index (χ0n) is 8.55. The summed E-state index contributed by atoms with van der Waals surface area (Å²) in [6.07, 6.45) is 1.54. The van der Waals surface area contributed by atoms with Gasteiger partial charge < -0.3 is 11.5 Å². The zero-order chi connectivity index (χ0) is 11.5. The third kappa shape index (κ3) is 1.86. The number of hydrogen-bond donors (Lipinski definition) is 2. The van der Waals surface area contributed by atoms with Gasteiger partial charge >= 0.3 is 0 Å². The Morgan fingerprint density at radius 1 is 1.12 bits per heavy atom. The maximum absolute atomic E-state index is 11.2. The Bertz CT molecular complexity index is 520. The van der Waals surface area contributed by atoms with Crippen LogP contribution in [0, 0.1) is 0 Å². The average molecular weight is 213 g/mol. The Morgan fingerprint density at radius 3 is 2.44 bits per heavy atom. The maximum atomic E-state index is 11.2. The number of nitrogens with two attached hydrogens (primary N) is 2. The van der Waals surface area contributed by atoms with E-state index in [2.05, 4.69) is 4.98 Å². The van der Waals surface area contributed by atoms with Gasteiger partial charge in [0, 0.05) is 17.4 Å². The lowest BCUT2D eigenvalue weighted by molar-refractivity contribution is 0.0996. The Labute approximate surface area is 92.9 Å². The van der Waals surface area contributed by atoms with Crippen LogP contribution in [0.5, 0.6) is 0 Å². The largest absolute Gasteiger partial charge is 0.399 e. The fraction of sp³-hybridized carbons (Fsp3) is 0. The van der Waals surface area contributed by atoms with Gasteiger partial charge in [0.2, 0.25) is 0 Å². The molecule has 16 heavy (non-hydrogen) atoms. The summed E-state index contributed by atoms with van der Waals surface area (Å²) in [7, 11) is 0. The number of carbonyl (C=O) groups excluding carboxylic acids is 1. The Kier molecular flexibility index (Phi) is 2.55. The van der Waals surface area contributed by atoms with Crippen molar-refractivity contribution in [3.05, 3.63) is 48.3 Å². The highest BCUT2D eigenvalue weighted by Gasteiger charge is 2.10. The van der Waals surface area contributed by atoms with Crippen LogP contribution < -0.4 is 11.5 Å². The molecule has 0 radical (unpaired) electrons. The number of pyridine rings is 1. The fourth-order valence-corrected chi connectivity index (χ4v) is 1.50. The predicted octanol–water partition coefficient (Wildman–Crippen LogP) is 1.43. The average Bonchev–Trinajstić information content (AvgIpc) is 2.30. The molecule has 4 nitrogen and oxygen atoms in total. The van der Waals surface area contributed by atoms with Crippen LogP contribution in [-0.2, 0) is 0 Å². The van der Waals surface area contributed by atoms with Crippen molar-refractivity contribution in [2.24, 2.45) is 5.73 Å². The second-order valence-corrected chi connectivity index (χ2v) is 3.39. The van der Waals surface area contributed by atoms with Crippen LogP contribution in [0.4, 0.5) is 5.69 Å². The molecular weight excluding hydrogens is 202 g/mol. The van der Waals surface area contributed by atoms with Crippen molar-refractivity contribution in [1.82, 2.24) is 4.98 Å². The highest BCUT2D eigenvalue weighted by atomic mass is 16.1. The third-order valence-electron chi connectivity index (χ3n) is 2.26. The van der Waals surface area contributed by atoms with Crippen LogP contribution in [-0.4, -0.2) is 10.9 Å². The minimum absolute atomic E-state index is 0.271. The quantitative estimate of drug-likeness (QED) is 0.740. The normalized spacial score (nSPS) is 10.0. The van der Waals surface area contributed by atoms with Crippen LogP contribution >= 0.6 is 0 Å². The maximum Gasteiger partial charge on any atom is 0.267 e. The molecule has 1 aromatic carbocycles. The molecule has 0 unspecified atom stereocenters. The SMILES string of the molecule is NC(=O)c1ncccc1-c1ccc(N)cc1.